The van der Waals surface area contributed by atoms with Crippen molar-refractivity contribution < 1.29 is 22.8 Å². The van der Waals surface area contributed by atoms with Crippen LogP contribution >= 0.6 is 12.6 Å². The van der Waals surface area contributed by atoms with E-state index in [1.807, 2.05) is 0 Å². The molecule has 0 saturated carbocycles. The number of amides is 2. The summed E-state index contributed by atoms with van der Waals surface area (Å²) in [4.78, 5) is 26.0. The summed E-state index contributed by atoms with van der Waals surface area (Å²) in [6.07, 6.45) is -4.87. The maximum atomic E-state index is 12.3. The highest BCUT2D eigenvalue weighted by molar-refractivity contribution is 7.80. The number of hydrogen-bond donors (Lipinski definition) is 1. The van der Waals surface area contributed by atoms with Gasteiger partial charge in [0.15, 0.2) is 0 Å². The van der Waals surface area contributed by atoms with E-state index in [0.29, 0.717) is 10.5 Å². The third kappa shape index (κ3) is 3.49. The Hall–Kier alpha value is -1.70. The van der Waals surface area contributed by atoms with Gasteiger partial charge in [0.05, 0.1) is 5.56 Å². The molecule has 0 spiro atoms. The highest BCUT2D eigenvalue weighted by atomic mass is 32.1. The van der Waals surface area contributed by atoms with Crippen LogP contribution in [0, 0.1) is 0 Å². The first kappa shape index (κ1) is 15.7. The van der Waals surface area contributed by atoms with Gasteiger partial charge >= 0.3 is 12.1 Å². The van der Waals surface area contributed by atoms with Gasteiger partial charge in [-0.3, -0.25) is 9.59 Å². The molecule has 1 fully saturated rings. The van der Waals surface area contributed by atoms with Gasteiger partial charge in [0, 0.05) is 31.1 Å². The maximum absolute atomic E-state index is 12.3. The van der Waals surface area contributed by atoms with Crippen molar-refractivity contribution in [3.63, 3.8) is 0 Å². The molecule has 1 saturated heterocycles. The number of nitrogens with zero attached hydrogens (tertiary/aromatic N) is 2. The summed E-state index contributed by atoms with van der Waals surface area (Å²) in [6.45, 7) is -0.108. The van der Waals surface area contributed by atoms with Crippen molar-refractivity contribution in [2.24, 2.45) is 0 Å². The third-order valence-corrected chi connectivity index (χ3v) is 3.62. The Bertz CT molecular complexity index is 555. The van der Waals surface area contributed by atoms with Gasteiger partial charge in [0.2, 0.25) is 0 Å². The molecular formula is C13H13F3N2O2S. The molecule has 0 unspecified atom stereocenters. The maximum Gasteiger partial charge on any atom is 0.471 e. The van der Waals surface area contributed by atoms with Crippen LogP contribution in [-0.4, -0.2) is 54.0 Å². The van der Waals surface area contributed by atoms with Crippen molar-refractivity contribution in [3.8, 4) is 0 Å². The van der Waals surface area contributed by atoms with Crippen molar-refractivity contribution in [2.75, 3.05) is 26.2 Å². The average Bonchev–Trinajstić information content (AvgIpc) is 2.45. The molecule has 2 amide bonds. The highest BCUT2D eigenvalue weighted by Crippen LogP contribution is 2.21. The van der Waals surface area contributed by atoms with Crippen molar-refractivity contribution in [3.05, 3.63) is 29.8 Å². The van der Waals surface area contributed by atoms with E-state index in [9.17, 15) is 22.8 Å². The summed E-state index contributed by atoms with van der Waals surface area (Å²) in [5.41, 5.74) is 0.399. The van der Waals surface area contributed by atoms with Crippen LogP contribution in [0.25, 0.3) is 0 Å². The molecule has 0 aliphatic carbocycles. The second-order valence-corrected chi connectivity index (χ2v) is 5.08. The summed E-state index contributed by atoms with van der Waals surface area (Å²) in [5, 5.41) is 0. The van der Waals surface area contributed by atoms with E-state index < -0.39 is 12.1 Å². The fourth-order valence-corrected chi connectivity index (χ4v) is 2.37. The van der Waals surface area contributed by atoms with Crippen molar-refractivity contribution >= 4 is 24.4 Å². The molecule has 0 aromatic heterocycles. The van der Waals surface area contributed by atoms with E-state index in [-0.39, 0.29) is 32.1 Å². The lowest BCUT2D eigenvalue weighted by Crippen LogP contribution is -2.53. The lowest BCUT2D eigenvalue weighted by Gasteiger charge is -2.35. The van der Waals surface area contributed by atoms with E-state index in [2.05, 4.69) is 12.6 Å². The van der Waals surface area contributed by atoms with Crippen molar-refractivity contribution in [1.29, 1.82) is 0 Å². The monoisotopic (exact) mass is 318 g/mol. The Labute approximate surface area is 124 Å². The fraction of sp³-hybridized carbons (Fsp3) is 0.385. The molecule has 0 N–H and O–H groups in total. The summed E-state index contributed by atoms with van der Waals surface area (Å²) in [5.74, 6) is -2.15. The van der Waals surface area contributed by atoms with Crippen LogP contribution in [-0.2, 0) is 4.79 Å². The molecule has 114 valence electrons. The minimum absolute atomic E-state index is 0.0722. The van der Waals surface area contributed by atoms with Crippen LogP contribution in [0.3, 0.4) is 0 Å². The topological polar surface area (TPSA) is 40.6 Å². The molecule has 0 atom stereocenters. The predicted molar refractivity (Wildman–Crippen MR) is 72.2 cm³/mol. The molecule has 0 bridgehead atoms. The van der Waals surface area contributed by atoms with Gasteiger partial charge in [-0.15, -0.1) is 12.6 Å². The summed E-state index contributed by atoms with van der Waals surface area (Å²) in [7, 11) is 0. The van der Waals surface area contributed by atoms with E-state index in [0.717, 1.165) is 4.90 Å². The number of halogens is 3. The molecule has 1 aromatic carbocycles. The van der Waals surface area contributed by atoms with Crippen LogP contribution < -0.4 is 0 Å². The van der Waals surface area contributed by atoms with Gasteiger partial charge < -0.3 is 9.80 Å². The van der Waals surface area contributed by atoms with Gasteiger partial charge in [0.25, 0.3) is 5.91 Å². The molecule has 1 aromatic rings. The van der Waals surface area contributed by atoms with E-state index in [1.54, 1.807) is 24.3 Å². The second-order valence-electron chi connectivity index (χ2n) is 4.60. The first-order valence-corrected chi connectivity index (χ1v) is 6.69. The summed E-state index contributed by atoms with van der Waals surface area (Å²) >= 11 is 4.18. The van der Waals surface area contributed by atoms with E-state index in [4.69, 9.17) is 0 Å². The van der Waals surface area contributed by atoms with Crippen molar-refractivity contribution in [1.82, 2.24) is 9.80 Å². The van der Waals surface area contributed by atoms with Gasteiger partial charge in [-0.05, 0) is 12.1 Å². The van der Waals surface area contributed by atoms with Gasteiger partial charge in [0.1, 0.15) is 0 Å². The number of hydrogen-bond acceptors (Lipinski definition) is 3. The molecule has 1 aliphatic heterocycles. The minimum atomic E-state index is -4.87. The summed E-state index contributed by atoms with van der Waals surface area (Å²) < 4.78 is 37.0. The number of carbonyl (C=O) groups is 2. The second kappa shape index (κ2) is 5.97. The fourth-order valence-electron chi connectivity index (χ4n) is 2.12. The molecule has 8 heteroatoms. The highest BCUT2D eigenvalue weighted by Gasteiger charge is 2.43. The number of carbonyl (C=O) groups excluding carboxylic acids is 2. The SMILES string of the molecule is O=C(c1ccccc1S)N1CCN(C(=O)C(F)(F)F)CC1. The third-order valence-electron chi connectivity index (χ3n) is 3.23. The van der Waals surface area contributed by atoms with Crippen LogP contribution in [0.4, 0.5) is 13.2 Å². The molecule has 1 heterocycles. The Morgan fingerprint density at radius 3 is 2.05 bits per heavy atom. The Balaban J connectivity index is 2.00. The summed E-state index contributed by atoms with van der Waals surface area (Å²) in [6, 6.07) is 6.70. The molecular weight excluding hydrogens is 305 g/mol. The zero-order valence-electron chi connectivity index (χ0n) is 10.9. The first-order valence-electron chi connectivity index (χ1n) is 6.24. The standard InChI is InChI=1S/C13H13F3N2O2S/c14-13(15,16)12(20)18-7-5-17(6-8-18)11(19)9-3-1-2-4-10(9)21/h1-4,21H,5-8H2. The number of piperazine rings is 1. The predicted octanol–water partition coefficient (Wildman–Crippen LogP) is 1.82. The number of thiol groups is 1. The number of benzene rings is 1. The molecule has 0 radical (unpaired) electrons. The molecule has 21 heavy (non-hydrogen) atoms. The first-order chi connectivity index (χ1) is 9.80. The van der Waals surface area contributed by atoms with Gasteiger partial charge in [-0.2, -0.15) is 13.2 Å². The normalized spacial score (nSPS) is 16.0. The molecule has 4 nitrogen and oxygen atoms in total. The van der Waals surface area contributed by atoms with Gasteiger partial charge in [-0.25, -0.2) is 0 Å². The largest absolute Gasteiger partial charge is 0.471 e. The lowest BCUT2D eigenvalue weighted by molar-refractivity contribution is -0.186. The van der Waals surface area contributed by atoms with Crippen LogP contribution in [0.1, 0.15) is 10.4 Å². The number of alkyl halides is 3. The van der Waals surface area contributed by atoms with E-state index in [1.165, 1.54) is 4.90 Å². The lowest BCUT2D eigenvalue weighted by atomic mass is 10.2. The zero-order valence-corrected chi connectivity index (χ0v) is 11.8. The van der Waals surface area contributed by atoms with Crippen LogP contribution in [0.2, 0.25) is 0 Å². The quantitative estimate of drug-likeness (QED) is 0.803. The average molecular weight is 318 g/mol. The Morgan fingerprint density at radius 1 is 1.00 bits per heavy atom. The number of rotatable bonds is 1. The van der Waals surface area contributed by atoms with Crippen molar-refractivity contribution in [2.45, 2.75) is 11.1 Å². The minimum Gasteiger partial charge on any atom is -0.335 e. The molecule has 2 rings (SSSR count). The smallest absolute Gasteiger partial charge is 0.335 e. The zero-order chi connectivity index (χ0) is 15.6. The van der Waals surface area contributed by atoms with Crippen LogP contribution in [0.15, 0.2) is 29.2 Å². The molecule has 1 aliphatic rings. The van der Waals surface area contributed by atoms with Gasteiger partial charge in [-0.1, -0.05) is 12.1 Å². The van der Waals surface area contributed by atoms with Crippen LogP contribution in [0.5, 0.6) is 0 Å². The Kier molecular flexibility index (Phi) is 4.46. The van der Waals surface area contributed by atoms with E-state index >= 15 is 0 Å². The Morgan fingerprint density at radius 2 is 1.52 bits per heavy atom.